The van der Waals surface area contributed by atoms with Crippen LogP contribution < -0.4 is 5.32 Å². The monoisotopic (exact) mass is 229 g/mol. The molecule has 1 aliphatic rings. The Morgan fingerprint density at radius 1 is 1.44 bits per heavy atom. The molecule has 1 rings (SSSR count). The van der Waals surface area contributed by atoms with Crippen LogP contribution in [0.4, 0.5) is 0 Å². The van der Waals surface area contributed by atoms with Gasteiger partial charge in [0.25, 0.3) is 0 Å². The molecule has 0 spiro atoms. The summed E-state index contributed by atoms with van der Waals surface area (Å²) in [5, 5.41) is 3.62. The average Bonchev–Trinajstić information content (AvgIpc) is 2.35. The fraction of sp³-hybridized carbons (Fsp3) is 1.00. The summed E-state index contributed by atoms with van der Waals surface area (Å²) in [6.45, 7) is 5.11. The predicted molar refractivity (Wildman–Crippen MR) is 66.8 cm³/mol. The van der Waals surface area contributed by atoms with Gasteiger partial charge in [0.05, 0.1) is 6.10 Å². The van der Waals surface area contributed by atoms with E-state index in [4.69, 9.17) is 9.47 Å². The summed E-state index contributed by atoms with van der Waals surface area (Å²) in [5.74, 6) is 0. The van der Waals surface area contributed by atoms with Crippen molar-refractivity contribution in [3.8, 4) is 0 Å². The Bertz CT molecular complexity index is 158. The van der Waals surface area contributed by atoms with Crippen LogP contribution in [0.25, 0.3) is 0 Å². The van der Waals surface area contributed by atoms with E-state index in [-0.39, 0.29) is 0 Å². The van der Waals surface area contributed by atoms with E-state index in [1.165, 1.54) is 32.1 Å². The van der Waals surface area contributed by atoms with Crippen molar-refractivity contribution in [1.29, 1.82) is 0 Å². The topological polar surface area (TPSA) is 30.5 Å². The van der Waals surface area contributed by atoms with Crippen LogP contribution in [-0.2, 0) is 9.47 Å². The van der Waals surface area contributed by atoms with E-state index in [0.717, 1.165) is 26.2 Å². The molecule has 1 heterocycles. The quantitative estimate of drug-likeness (QED) is 0.648. The Balaban J connectivity index is 2.28. The molecule has 1 saturated heterocycles. The van der Waals surface area contributed by atoms with Gasteiger partial charge in [0.15, 0.2) is 0 Å². The maximum absolute atomic E-state index is 5.86. The molecule has 0 radical (unpaired) electrons. The first-order valence-electron chi connectivity index (χ1n) is 6.72. The lowest BCUT2D eigenvalue weighted by Gasteiger charge is -2.31. The highest BCUT2D eigenvalue weighted by atomic mass is 16.5. The summed E-state index contributed by atoms with van der Waals surface area (Å²) in [5.41, 5.74) is 0. The third-order valence-corrected chi connectivity index (χ3v) is 3.18. The zero-order valence-electron chi connectivity index (χ0n) is 10.8. The highest BCUT2D eigenvalue weighted by Crippen LogP contribution is 2.18. The molecule has 0 amide bonds. The molecule has 1 aliphatic heterocycles. The van der Waals surface area contributed by atoms with Gasteiger partial charge in [-0.05, 0) is 45.1 Å². The van der Waals surface area contributed by atoms with E-state index in [1.54, 1.807) is 7.11 Å². The second kappa shape index (κ2) is 8.97. The SMILES string of the molecule is CCCNC(CCCOC)C1CCCCO1. The number of rotatable bonds is 8. The maximum Gasteiger partial charge on any atom is 0.0728 e. The fourth-order valence-electron chi connectivity index (χ4n) is 2.28. The molecule has 2 unspecified atom stereocenters. The molecule has 3 nitrogen and oxygen atoms in total. The van der Waals surface area contributed by atoms with E-state index in [1.807, 2.05) is 0 Å². The Labute approximate surface area is 99.9 Å². The number of methoxy groups -OCH3 is 1. The minimum atomic E-state index is 0.428. The van der Waals surface area contributed by atoms with Crippen molar-refractivity contribution in [2.75, 3.05) is 26.9 Å². The largest absolute Gasteiger partial charge is 0.385 e. The van der Waals surface area contributed by atoms with E-state index in [2.05, 4.69) is 12.2 Å². The average molecular weight is 229 g/mol. The molecule has 0 saturated carbocycles. The van der Waals surface area contributed by atoms with Gasteiger partial charge in [-0.1, -0.05) is 6.92 Å². The summed E-state index contributed by atoms with van der Waals surface area (Å²) in [6, 6.07) is 0.524. The van der Waals surface area contributed by atoms with E-state index < -0.39 is 0 Å². The Morgan fingerprint density at radius 3 is 2.94 bits per heavy atom. The van der Waals surface area contributed by atoms with Crippen molar-refractivity contribution in [3.63, 3.8) is 0 Å². The van der Waals surface area contributed by atoms with Gasteiger partial charge in [-0.25, -0.2) is 0 Å². The van der Waals surface area contributed by atoms with E-state index >= 15 is 0 Å². The van der Waals surface area contributed by atoms with E-state index in [0.29, 0.717) is 12.1 Å². The first-order valence-corrected chi connectivity index (χ1v) is 6.72. The maximum atomic E-state index is 5.86. The van der Waals surface area contributed by atoms with Crippen molar-refractivity contribution < 1.29 is 9.47 Å². The molecular formula is C13H27NO2. The Hall–Kier alpha value is -0.120. The second-order valence-corrected chi connectivity index (χ2v) is 4.60. The van der Waals surface area contributed by atoms with Crippen molar-refractivity contribution in [2.24, 2.45) is 0 Å². The van der Waals surface area contributed by atoms with Gasteiger partial charge in [0.2, 0.25) is 0 Å². The minimum Gasteiger partial charge on any atom is -0.385 e. The van der Waals surface area contributed by atoms with Crippen LogP contribution in [0, 0.1) is 0 Å². The van der Waals surface area contributed by atoms with Crippen LogP contribution in [0.1, 0.15) is 45.4 Å². The summed E-state index contributed by atoms with van der Waals surface area (Å²) >= 11 is 0. The van der Waals surface area contributed by atoms with Gasteiger partial charge in [-0.15, -0.1) is 0 Å². The lowest BCUT2D eigenvalue weighted by Crippen LogP contribution is -2.43. The Kier molecular flexibility index (Phi) is 7.81. The van der Waals surface area contributed by atoms with Crippen LogP contribution in [0.15, 0.2) is 0 Å². The van der Waals surface area contributed by atoms with Crippen LogP contribution >= 0.6 is 0 Å². The van der Waals surface area contributed by atoms with Crippen molar-refractivity contribution >= 4 is 0 Å². The van der Waals surface area contributed by atoms with Crippen LogP contribution in [0.3, 0.4) is 0 Å². The smallest absolute Gasteiger partial charge is 0.0728 e. The van der Waals surface area contributed by atoms with Gasteiger partial charge in [0.1, 0.15) is 0 Å². The zero-order valence-corrected chi connectivity index (χ0v) is 10.8. The highest BCUT2D eigenvalue weighted by Gasteiger charge is 2.23. The molecule has 3 heteroatoms. The molecular weight excluding hydrogens is 202 g/mol. The van der Waals surface area contributed by atoms with Gasteiger partial charge >= 0.3 is 0 Å². The molecule has 0 aromatic heterocycles. The lowest BCUT2D eigenvalue weighted by atomic mass is 9.98. The third kappa shape index (κ3) is 5.28. The first kappa shape index (κ1) is 13.9. The van der Waals surface area contributed by atoms with Crippen molar-refractivity contribution in [1.82, 2.24) is 5.32 Å². The first-order chi connectivity index (χ1) is 7.88. The van der Waals surface area contributed by atoms with Crippen LogP contribution in [0.5, 0.6) is 0 Å². The lowest BCUT2D eigenvalue weighted by molar-refractivity contribution is -0.0107. The molecule has 0 aromatic carbocycles. The van der Waals surface area contributed by atoms with Gasteiger partial charge in [0, 0.05) is 26.4 Å². The summed E-state index contributed by atoms with van der Waals surface area (Å²) < 4.78 is 11.0. The normalized spacial score (nSPS) is 23.2. The van der Waals surface area contributed by atoms with Crippen LogP contribution in [-0.4, -0.2) is 39.0 Å². The number of ether oxygens (including phenoxy) is 2. The third-order valence-electron chi connectivity index (χ3n) is 3.18. The summed E-state index contributed by atoms with van der Waals surface area (Å²) in [4.78, 5) is 0. The summed E-state index contributed by atoms with van der Waals surface area (Å²) in [7, 11) is 1.77. The molecule has 0 aromatic rings. The highest BCUT2D eigenvalue weighted by molar-refractivity contribution is 4.79. The van der Waals surface area contributed by atoms with Crippen LogP contribution in [0.2, 0.25) is 0 Å². The molecule has 1 fully saturated rings. The zero-order chi connectivity index (χ0) is 11.6. The fourth-order valence-corrected chi connectivity index (χ4v) is 2.28. The molecule has 2 atom stereocenters. The number of hydrogen-bond acceptors (Lipinski definition) is 3. The molecule has 16 heavy (non-hydrogen) atoms. The summed E-state index contributed by atoms with van der Waals surface area (Å²) in [6.07, 6.45) is 7.67. The molecule has 96 valence electrons. The predicted octanol–water partition coefficient (Wildman–Crippen LogP) is 2.35. The minimum absolute atomic E-state index is 0.428. The van der Waals surface area contributed by atoms with Gasteiger partial charge in [-0.2, -0.15) is 0 Å². The molecule has 1 N–H and O–H groups in total. The standard InChI is InChI=1S/C13H27NO2/c1-3-9-14-12(7-6-10-15-2)13-8-4-5-11-16-13/h12-14H,3-11H2,1-2H3. The molecule has 0 bridgehead atoms. The van der Waals surface area contributed by atoms with Crippen molar-refractivity contribution in [3.05, 3.63) is 0 Å². The van der Waals surface area contributed by atoms with E-state index in [9.17, 15) is 0 Å². The number of nitrogens with one attached hydrogen (secondary N) is 1. The second-order valence-electron chi connectivity index (χ2n) is 4.60. The Morgan fingerprint density at radius 2 is 2.31 bits per heavy atom. The van der Waals surface area contributed by atoms with Gasteiger partial charge in [-0.3, -0.25) is 0 Å². The van der Waals surface area contributed by atoms with Gasteiger partial charge < -0.3 is 14.8 Å². The number of hydrogen-bond donors (Lipinski definition) is 1. The van der Waals surface area contributed by atoms with Crippen molar-refractivity contribution in [2.45, 2.75) is 57.6 Å². The molecule has 0 aliphatic carbocycles.